The van der Waals surface area contributed by atoms with Crippen LogP contribution in [0.1, 0.15) is 75.3 Å². The van der Waals surface area contributed by atoms with E-state index in [1.54, 1.807) is 6.07 Å². The van der Waals surface area contributed by atoms with E-state index in [1.165, 1.54) is 42.9 Å². The highest BCUT2D eigenvalue weighted by Gasteiger charge is 2.22. The highest BCUT2D eigenvalue weighted by atomic mass is 19.1. The Morgan fingerprint density at radius 1 is 0.926 bits per heavy atom. The lowest BCUT2D eigenvalue weighted by atomic mass is 9.77. The molecule has 0 heterocycles. The lowest BCUT2D eigenvalue weighted by molar-refractivity contribution is 0.346. The molecule has 0 aromatic heterocycles. The van der Waals surface area contributed by atoms with Gasteiger partial charge < -0.3 is 0 Å². The van der Waals surface area contributed by atoms with Gasteiger partial charge in [-0.2, -0.15) is 9.65 Å². The van der Waals surface area contributed by atoms with Crippen LogP contribution in [0.25, 0.3) is 0 Å². The zero-order valence-electron chi connectivity index (χ0n) is 16.5. The number of rotatable bonds is 5. The number of nitrogens with zero attached hydrogens (tertiary/aromatic N) is 1. The molecule has 2 aliphatic rings. The van der Waals surface area contributed by atoms with Crippen molar-refractivity contribution in [3.05, 3.63) is 59.4 Å². The Bertz CT molecular complexity index is 678. The summed E-state index contributed by atoms with van der Waals surface area (Å²) in [6, 6.07) is 10.8. The highest BCUT2D eigenvalue weighted by molar-refractivity contribution is 5.26. The van der Waals surface area contributed by atoms with E-state index in [1.807, 2.05) is 0 Å². The molecule has 2 fully saturated rings. The van der Waals surface area contributed by atoms with Gasteiger partial charge in [-0.15, -0.1) is 0 Å². The third kappa shape index (κ3) is 5.80. The fraction of sp³-hybridized carbons (Fsp3) is 0.560. The predicted molar refractivity (Wildman–Crippen MR) is 110 cm³/mol. The number of hydrogen-bond donors (Lipinski definition) is 0. The molecule has 1 nitrogen and oxygen atoms in total. The van der Waals surface area contributed by atoms with E-state index in [0.29, 0.717) is 5.92 Å². The van der Waals surface area contributed by atoms with E-state index in [2.05, 4.69) is 43.3 Å². The summed E-state index contributed by atoms with van der Waals surface area (Å²) in [4.78, 5) is 0. The summed E-state index contributed by atoms with van der Waals surface area (Å²) in [5.41, 5.74) is 2.95. The summed E-state index contributed by atoms with van der Waals surface area (Å²) in [6.07, 6.45) is 17.0. The Hall–Kier alpha value is -1.88. The smallest absolute Gasteiger partial charge is 0.195 e. The Labute approximate surface area is 164 Å². The standard InChI is InChI=1S/C25H32FN/c1-2-19-9-13-23(14-10-19)24-15-11-21(12-16-24)4-3-20-5-7-22(8-6-20)17-25(26)18-27/h3-4,9-10,13-14,17,20-22,24H,2,5-8,11-12,15-16H2,1H3. The SMILES string of the molecule is CCc1ccc(C2CCC(C=CC3CCC(C=C(F)C#N)CC3)CC2)cc1. The lowest BCUT2D eigenvalue weighted by Crippen LogP contribution is -2.14. The molecule has 2 aliphatic carbocycles. The molecule has 27 heavy (non-hydrogen) atoms. The van der Waals surface area contributed by atoms with Crippen LogP contribution in [-0.4, -0.2) is 0 Å². The van der Waals surface area contributed by atoms with Gasteiger partial charge in [-0.1, -0.05) is 43.3 Å². The normalized spacial score (nSPS) is 29.6. The van der Waals surface area contributed by atoms with Crippen molar-refractivity contribution in [2.24, 2.45) is 17.8 Å². The second-order valence-corrected chi connectivity index (χ2v) is 8.39. The molecule has 0 saturated heterocycles. The Balaban J connectivity index is 1.42. The zero-order chi connectivity index (χ0) is 19.1. The molecular weight excluding hydrogens is 333 g/mol. The third-order valence-electron chi connectivity index (χ3n) is 6.59. The summed E-state index contributed by atoms with van der Waals surface area (Å²) in [6.45, 7) is 2.21. The summed E-state index contributed by atoms with van der Waals surface area (Å²) in [5, 5.41) is 8.56. The van der Waals surface area contributed by atoms with Crippen LogP contribution >= 0.6 is 0 Å². The Morgan fingerprint density at radius 2 is 1.44 bits per heavy atom. The minimum Gasteiger partial charge on any atom is -0.195 e. The lowest BCUT2D eigenvalue weighted by Gasteiger charge is -2.28. The number of halogens is 1. The molecule has 144 valence electrons. The predicted octanol–water partition coefficient (Wildman–Crippen LogP) is 7.26. The summed E-state index contributed by atoms with van der Waals surface area (Å²) in [7, 11) is 0. The maximum absolute atomic E-state index is 13.1. The first-order valence-corrected chi connectivity index (χ1v) is 10.7. The van der Waals surface area contributed by atoms with Crippen LogP contribution in [-0.2, 0) is 6.42 Å². The molecule has 3 rings (SSSR count). The van der Waals surface area contributed by atoms with Crippen LogP contribution in [0.3, 0.4) is 0 Å². The maximum Gasteiger partial charge on any atom is 0.196 e. The number of allylic oxidation sites excluding steroid dienone is 4. The molecule has 0 aliphatic heterocycles. The van der Waals surface area contributed by atoms with E-state index >= 15 is 0 Å². The van der Waals surface area contributed by atoms with Crippen molar-refractivity contribution < 1.29 is 4.39 Å². The van der Waals surface area contributed by atoms with Crippen LogP contribution in [0.2, 0.25) is 0 Å². The molecule has 0 amide bonds. The Morgan fingerprint density at radius 3 is 1.96 bits per heavy atom. The fourth-order valence-corrected chi connectivity index (χ4v) is 4.73. The van der Waals surface area contributed by atoms with Crippen LogP contribution in [0.15, 0.2) is 48.3 Å². The van der Waals surface area contributed by atoms with E-state index < -0.39 is 5.83 Å². The van der Waals surface area contributed by atoms with E-state index in [9.17, 15) is 4.39 Å². The maximum atomic E-state index is 13.1. The average Bonchev–Trinajstić information content (AvgIpc) is 2.73. The first kappa shape index (κ1) is 19.9. The summed E-state index contributed by atoms with van der Waals surface area (Å²) < 4.78 is 13.1. The largest absolute Gasteiger partial charge is 0.196 e. The second kappa shape index (κ2) is 9.88. The van der Waals surface area contributed by atoms with Gasteiger partial charge in [0.2, 0.25) is 0 Å². The van der Waals surface area contributed by atoms with Crippen LogP contribution in [0, 0.1) is 29.1 Å². The van der Waals surface area contributed by atoms with Crippen LogP contribution in [0.5, 0.6) is 0 Å². The summed E-state index contributed by atoms with van der Waals surface area (Å²) >= 11 is 0. The van der Waals surface area contributed by atoms with Gasteiger partial charge >= 0.3 is 0 Å². The fourth-order valence-electron chi connectivity index (χ4n) is 4.73. The first-order chi connectivity index (χ1) is 13.2. The van der Waals surface area contributed by atoms with Gasteiger partial charge in [0, 0.05) is 0 Å². The molecule has 2 heteroatoms. The quantitative estimate of drug-likeness (QED) is 0.398. The van der Waals surface area contributed by atoms with E-state index in [4.69, 9.17) is 5.26 Å². The van der Waals surface area contributed by atoms with Crippen LogP contribution < -0.4 is 0 Å². The molecule has 0 unspecified atom stereocenters. The van der Waals surface area contributed by atoms with Crippen molar-refractivity contribution in [1.82, 2.24) is 0 Å². The average molecular weight is 366 g/mol. The van der Waals surface area contributed by atoms with Crippen LogP contribution in [0.4, 0.5) is 4.39 Å². The molecule has 0 bridgehead atoms. The van der Waals surface area contributed by atoms with Gasteiger partial charge in [-0.3, -0.25) is 0 Å². The van der Waals surface area contributed by atoms with Gasteiger partial charge in [0.25, 0.3) is 0 Å². The minimum atomic E-state index is -0.616. The van der Waals surface area contributed by atoms with Gasteiger partial charge in [0.1, 0.15) is 6.07 Å². The molecular formula is C25H32FN. The third-order valence-corrected chi connectivity index (χ3v) is 6.59. The van der Waals surface area contributed by atoms with Crippen molar-refractivity contribution in [1.29, 1.82) is 5.26 Å². The van der Waals surface area contributed by atoms with Gasteiger partial charge in [-0.05, 0) is 98.7 Å². The Kier molecular flexibility index (Phi) is 7.27. The second-order valence-electron chi connectivity index (χ2n) is 8.39. The van der Waals surface area contributed by atoms with Gasteiger partial charge in [-0.25, -0.2) is 0 Å². The molecule has 2 saturated carbocycles. The molecule has 0 atom stereocenters. The van der Waals surface area contributed by atoms with Crippen molar-refractivity contribution >= 4 is 0 Å². The van der Waals surface area contributed by atoms with E-state index in [-0.39, 0.29) is 5.92 Å². The first-order valence-electron chi connectivity index (χ1n) is 10.7. The molecule has 0 spiro atoms. The van der Waals surface area contributed by atoms with Gasteiger partial charge in [0.05, 0.1) is 0 Å². The van der Waals surface area contributed by atoms with Crippen molar-refractivity contribution in [3.63, 3.8) is 0 Å². The van der Waals surface area contributed by atoms with E-state index in [0.717, 1.165) is 43.9 Å². The number of nitriles is 1. The zero-order valence-corrected chi connectivity index (χ0v) is 16.5. The monoisotopic (exact) mass is 365 g/mol. The van der Waals surface area contributed by atoms with Crippen molar-refractivity contribution in [2.75, 3.05) is 0 Å². The highest BCUT2D eigenvalue weighted by Crippen LogP contribution is 2.37. The topological polar surface area (TPSA) is 23.8 Å². The number of benzene rings is 1. The van der Waals surface area contributed by atoms with Gasteiger partial charge in [0.15, 0.2) is 5.83 Å². The molecule has 1 aromatic carbocycles. The number of aryl methyl sites for hydroxylation is 1. The minimum absolute atomic E-state index is 0.254. The summed E-state index contributed by atoms with van der Waals surface area (Å²) in [5.74, 6) is 1.74. The molecule has 0 N–H and O–H groups in total. The van der Waals surface area contributed by atoms with Crippen molar-refractivity contribution in [2.45, 2.75) is 70.6 Å². The molecule has 0 radical (unpaired) electrons. The molecule has 1 aromatic rings. The number of hydrogen-bond acceptors (Lipinski definition) is 1. The van der Waals surface area contributed by atoms with Crippen molar-refractivity contribution in [3.8, 4) is 6.07 Å².